The number of ether oxygens (including phenoxy) is 1. The van der Waals surface area contributed by atoms with Gasteiger partial charge in [0.15, 0.2) is 5.82 Å². The van der Waals surface area contributed by atoms with Crippen LogP contribution in [0.15, 0.2) is 42.1 Å². The Bertz CT molecular complexity index is 838. The molecule has 2 heterocycles. The van der Waals surface area contributed by atoms with Gasteiger partial charge in [0.05, 0.1) is 11.3 Å². The molecule has 122 valence electrons. The second kappa shape index (κ2) is 6.66. The molecule has 0 fully saturated rings. The maximum absolute atomic E-state index is 11.2. The zero-order valence-electron chi connectivity index (χ0n) is 13.6. The summed E-state index contributed by atoms with van der Waals surface area (Å²) in [7, 11) is 0. The SMILES string of the molecule is CC(C)c1nc(/C=C/C2=Cc3ccccc3OC2)ncc1C(=O)O. The van der Waals surface area contributed by atoms with E-state index in [-0.39, 0.29) is 11.5 Å². The normalized spacial score (nSPS) is 13.5. The fraction of sp³-hybridized carbons (Fsp3) is 0.211. The van der Waals surface area contributed by atoms with Crippen molar-refractivity contribution in [2.45, 2.75) is 19.8 Å². The topological polar surface area (TPSA) is 72.3 Å². The molecule has 1 aliphatic rings. The number of rotatable bonds is 4. The van der Waals surface area contributed by atoms with E-state index in [1.165, 1.54) is 6.20 Å². The van der Waals surface area contributed by atoms with E-state index >= 15 is 0 Å². The number of fused-ring (bicyclic) bond motifs is 1. The monoisotopic (exact) mass is 322 g/mol. The molecule has 24 heavy (non-hydrogen) atoms. The van der Waals surface area contributed by atoms with Gasteiger partial charge >= 0.3 is 5.97 Å². The zero-order valence-corrected chi connectivity index (χ0v) is 13.6. The van der Waals surface area contributed by atoms with Crippen LogP contribution in [0.25, 0.3) is 12.2 Å². The van der Waals surface area contributed by atoms with Crippen LogP contribution in [0.5, 0.6) is 5.75 Å². The summed E-state index contributed by atoms with van der Waals surface area (Å²) < 4.78 is 5.70. The number of carboxylic acids is 1. The summed E-state index contributed by atoms with van der Waals surface area (Å²) in [4.78, 5) is 19.7. The third-order valence-corrected chi connectivity index (χ3v) is 3.71. The lowest BCUT2D eigenvalue weighted by Crippen LogP contribution is -2.09. The van der Waals surface area contributed by atoms with Crippen molar-refractivity contribution in [3.05, 3.63) is 64.8 Å². The third-order valence-electron chi connectivity index (χ3n) is 3.71. The van der Waals surface area contributed by atoms with Crippen molar-refractivity contribution in [1.29, 1.82) is 0 Å². The van der Waals surface area contributed by atoms with Gasteiger partial charge in [-0.15, -0.1) is 0 Å². The molecule has 2 aromatic rings. The predicted octanol–water partition coefficient (Wildman–Crippen LogP) is 3.79. The molecule has 5 heteroatoms. The molecule has 0 atom stereocenters. The van der Waals surface area contributed by atoms with Gasteiger partial charge in [-0.3, -0.25) is 0 Å². The van der Waals surface area contributed by atoms with Crippen molar-refractivity contribution in [3.8, 4) is 5.75 Å². The Morgan fingerprint density at radius 2 is 2.08 bits per heavy atom. The summed E-state index contributed by atoms with van der Waals surface area (Å²) in [6.45, 7) is 4.31. The first-order chi connectivity index (χ1) is 11.5. The number of benzene rings is 1. The minimum absolute atomic E-state index is 0.00959. The van der Waals surface area contributed by atoms with Gasteiger partial charge in [0.2, 0.25) is 0 Å². The Labute approximate surface area is 140 Å². The average molecular weight is 322 g/mol. The minimum atomic E-state index is -1.01. The Morgan fingerprint density at radius 1 is 1.29 bits per heavy atom. The smallest absolute Gasteiger partial charge is 0.339 e. The molecular formula is C19H18N2O3. The van der Waals surface area contributed by atoms with Gasteiger partial charge in [0, 0.05) is 11.8 Å². The highest BCUT2D eigenvalue weighted by Crippen LogP contribution is 2.26. The summed E-state index contributed by atoms with van der Waals surface area (Å²) in [5.74, 6) is 0.367. The van der Waals surface area contributed by atoms with Crippen molar-refractivity contribution >= 4 is 18.1 Å². The van der Waals surface area contributed by atoms with Crippen LogP contribution in [0.2, 0.25) is 0 Å². The molecule has 3 rings (SSSR count). The Balaban J connectivity index is 1.86. The summed E-state index contributed by atoms with van der Waals surface area (Å²) in [5, 5.41) is 9.21. The van der Waals surface area contributed by atoms with E-state index in [2.05, 4.69) is 16.0 Å². The van der Waals surface area contributed by atoms with Gasteiger partial charge in [-0.25, -0.2) is 14.8 Å². The van der Waals surface area contributed by atoms with Crippen LogP contribution in [-0.4, -0.2) is 27.7 Å². The number of aromatic nitrogens is 2. The van der Waals surface area contributed by atoms with Gasteiger partial charge in [-0.2, -0.15) is 0 Å². The van der Waals surface area contributed by atoms with E-state index < -0.39 is 5.97 Å². The maximum atomic E-state index is 11.2. The first kappa shape index (κ1) is 15.9. The van der Waals surface area contributed by atoms with Crippen molar-refractivity contribution in [2.24, 2.45) is 0 Å². The minimum Gasteiger partial charge on any atom is -0.488 e. The first-order valence-corrected chi connectivity index (χ1v) is 7.75. The highest BCUT2D eigenvalue weighted by molar-refractivity contribution is 5.88. The van der Waals surface area contributed by atoms with Crippen LogP contribution in [0.1, 0.15) is 47.2 Å². The Hall–Kier alpha value is -2.95. The van der Waals surface area contributed by atoms with Crippen molar-refractivity contribution in [3.63, 3.8) is 0 Å². The van der Waals surface area contributed by atoms with Crippen molar-refractivity contribution in [2.75, 3.05) is 6.61 Å². The molecule has 0 aliphatic carbocycles. The Kier molecular flexibility index (Phi) is 4.42. The molecule has 1 N–H and O–H groups in total. The number of para-hydroxylation sites is 1. The lowest BCUT2D eigenvalue weighted by Gasteiger charge is -2.15. The largest absolute Gasteiger partial charge is 0.488 e. The van der Waals surface area contributed by atoms with Gasteiger partial charge in [-0.1, -0.05) is 38.1 Å². The molecule has 0 radical (unpaired) electrons. The van der Waals surface area contributed by atoms with Crippen LogP contribution < -0.4 is 4.74 Å². The molecule has 1 aliphatic heterocycles. The number of carbonyl (C=O) groups is 1. The number of nitrogens with zero attached hydrogens (tertiary/aromatic N) is 2. The van der Waals surface area contributed by atoms with Crippen LogP contribution in [0, 0.1) is 0 Å². The summed E-state index contributed by atoms with van der Waals surface area (Å²) in [6.07, 6.45) is 7.10. The summed E-state index contributed by atoms with van der Waals surface area (Å²) in [6, 6.07) is 7.85. The van der Waals surface area contributed by atoms with Gasteiger partial charge in [0.1, 0.15) is 12.4 Å². The Morgan fingerprint density at radius 3 is 2.83 bits per heavy atom. The van der Waals surface area contributed by atoms with E-state index in [4.69, 9.17) is 4.74 Å². The van der Waals surface area contributed by atoms with Crippen LogP contribution in [0.3, 0.4) is 0 Å². The second-order valence-electron chi connectivity index (χ2n) is 5.87. The zero-order chi connectivity index (χ0) is 17.1. The van der Waals surface area contributed by atoms with Gasteiger partial charge in [0.25, 0.3) is 0 Å². The lowest BCUT2D eigenvalue weighted by atomic mass is 10.1. The molecule has 0 bridgehead atoms. The standard InChI is InChI=1S/C19H18N2O3/c1-12(2)18-15(19(22)23)10-20-17(21-18)8-7-13-9-14-5-3-4-6-16(14)24-11-13/h3-10,12H,11H2,1-2H3,(H,22,23)/b8-7+. The molecule has 5 nitrogen and oxygen atoms in total. The fourth-order valence-corrected chi connectivity index (χ4v) is 2.51. The molecule has 0 unspecified atom stereocenters. The summed E-state index contributed by atoms with van der Waals surface area (Å²) >= 11 is 0. The molecule has 0 spiro atoms. The molecule has 1 aromatic heterocycles. The quantitative estimate of drug-likeness (QED) is 0.927. The van der Waals surface area contributed by atoms with E-state index in [0.717, 1.165) is 16.9 Å². The number of hydrogen-bond acceptors (Lipinski definition) is 4. The van der Waals surface area contributed by atoms with E-state index in [0.29, 0.717) is 18.1 Å². The molecule has 1 aromatic carbocycles. The second-order valence-corrected chi connectivity index (χ2v) is 5.87. The lowest BCUT2D eigenvalue weighted by molar-refractivity contribution is 0.0694. The van der Waals surface area contributed by atoms with Crippen LogP contribution >= 0.6 is 0 Å². The predicted molar refractivity (Wildman–Crippen MR) is 92.0 cm³/mol. The van der Waals surface area contributed by atoms with Crippen molar-refractivity contribution in [1.82, 2.24) is 9.97 Å². The fourth-order valence-electron chi connectivity index (χ4n) is 2.51. The van der Waals surface area contributed by atoms with E-state index in [9.17, 15) is 9.90 Å². The summed E-state index contributed by atoms with van der Waals surface area (Å²) in [5.41, 5.74) is 2.73. The number of carboxylic acid groups (broad SMARTS) is 1. The molecule has 0 amide bonds. The molecular weight excluding hydrogens is 304 g/mol. The van der Waals surface area contributed by atoms with Gasteiger partial charge < -0.3 is 9.84 Å². The van der Waals surface area contributed by atoms with Gasteiger partial charge in [-0.05, 0) is 29.7 Å². The molecule has 0 saturated heterocycles. The third kappa shape index (κ3) is 3.35. The maximum Gasteiger partial charge on any atom is 0.339 e. The number of aromatic carboxylic acids is 1. The van der Waals surface area contributed by atoms with E-state index in [1.807, 2.05) is 44.2 Å². The van der Waals surface area contributed by atoms with E-state index in [1.54, 1.807) is 6.08 Å². The number of hydrogen-bond donors (Lipinski definition) is 1. The average Bonchev–Trinajstić information content (AvgIpc) is 2.59. The highest BCUT2D eigenvalue weighted by atomic mass is 16.5. The first-order valence-electron chi connectivity index (χ1n) is 7.75. The molecule has 0 saturated carbocycles. The van der Waals surface area contributed by atoms with Crippen LogP contribution in [-0.2, 0) is 0 Å². The van der Waals surface area contributed by atoms with Crippen LogP contribution in [0.4, 0.5) is 0 Å². The highest BCUT2D eigenvalue weighted by Gasteiger charge is 2.15. The van der Waals surface area contributed by atoms with Crippen molar-refractivity contribution < 1.29 is 14.6 Å².